The molecule has 0 heterocycles. The number of rotatable bonds is 6. The molecule has 1 aromatic carbocycles. The molecule has 2 atom stereocenters. The molecule has 0 bridgehead atoms. The normalized spacial score (nSPS) is 22.6. The van der Waals surface area contributed by atoms with E-state index in [9.17, 15) is 0 Å². The molecule has 0 saturated heterocycles. The average Bonchev–Trinajstić information content (AvgIpc) is 2.52. The first-order valence-electron chi connectivity index (χ1n) is 7.24. The Morgan fingerprint density at radius 1 is 1.10 bits per heavy atom. The topological polar surface area (TPSA) is 39.7 Å². The van der Waals surface area contributed by atoms with Crippen LogP contribution in [0.1, 0.15) is 31.2 Å². The molecule has 1 fully saturated rings. The zero-order chi connectivity index (χ0) is 14.4. The second kappa shape index (κ2) is 7.50. The van der Waals surface area contributed by atoms with E-state index in [4.69, 9.17) is 14.2 Å². The molecule has 4 heteroatoms. The number of ether oxygens (including phenoxy) is 3. The lowest BCUT2D eigenvalue weighted by Crippen LogP contribution is -2.36. The van der Waals surface area contributed by atoms with Crippen molar-refractivity contribution in [2.75, 3.05) is 21.3 Å². The first kappa shape index (κ1) is 15.1. The van der Waals surface area contributed by atoms with Crippen LogP contribution in [0.25, 0.3) is 0 Å². The minimum Gasteiger partial charge on any atom is -0.493 e. The molecule has 1 aliphatic carbocycles. The molecule has 20 heavy (non-hydrogen) atoms. The van der Waals surface area contributed by atoms with Crippen molar-refractivity contribution in [3.05, 3.63) is 23.8 Å². The Bertz CT molecular complexity index is 422. The van der Waals surface area contributed by atoms with Crippen molar-refractivity contribution in [1.82, 2.24) is 5.32 Å². The Morgan fingerprint density at radius 3 is 2.60 bits per heavy atom. The average molecular weight is 279 g/mol. The van der Waals surface area contributed by atoms with E-state index in [1.54, 1.807) is 21.3 Å². The molecule has 2 rings (SSSR count). The quantitative estimate of drug-likeness (QED) is 0.869. The van der Waals surface area contributed by atoms with E-state index in [0.29, 0.717) is 12.1 Å². The van der Waals surface area contributed by atoms with Gasteiger partial charge in [0.1, 0.15) is 0 Å². The fraction of sp³-hybridized carbons (Fsp3) is 0.625. The molecule has 0 amide bonds. The van der Waals surface area contributed by atoms with Crippen LogP contribution in [0.4, 0.5) is 0 Å². The lowest BCUT2D eigenvalue weighted by atomic mass is 9.92. The summed E-state index contributed by atoms with van der Waals surface area (Å²) in [5.41, 5.74) is 1.21. The van der Waals surface area contributed by atoms with Crippen molar-refractivity contribution in [3.8, 4) is 11.5 Å². The van der Waals surface area contributed by atoms with Crippen LogP contribution in [-0.4, -0.2) is 33.5 Å². The maximum atomic E-state index is 5.46. The van der Waals surface area contributed by atoms with E-state index in [1.807, 2.05) is 12.1 Å². The summed E-state index contributed by atoms with van der Waals surface area (Å²) in [4.78, 5) is 0. The molecule has 1 aliphatic rings. The summed E-state index contributed by atoms with van der Waals surface area (Å²) in [5.74, 6) is 1.55. The summed E-state index contributed by atoms with van der Waals surface area (Å²) >= 11 is 0. The number of hydrogen-bond donors (Lipinski definition) is 1. The predicted octanol–water partition coefficient (Wildman–Crippen LogP) is 2.75. The summed E-state index contributed by atoms with van der Waals surface area (Å²) in [5, 5.41) is 3.61. The van der Waals surface area contributed by atoms with E-state index in [2.05, 4.69) is 11.4 Å². The van der Waals surface area contributed by atoms with Gasteiger partial charge in [-0.25, -0.2) is 0 Å². The van der Waals surface area contributed by atoms with Crippen LogP contribution in [0.15, 0.2) is 18.2 Å². The summed E-state index contributed by atoms with van der Waals surface area (Å²) in [6.45, 7) is 0.849. The van der Waals surface area contributed by atoms with E-state index in [0.717, 1.165) is 24.5 Å². The monoisotopic (exact) mass is 279 g/mol. The third-order valence-electron chi connectivity index (χ3n) is 4.00. The number of benzene rings is 1. The molecule has 1 saturated carbocycles. The minimum absolute atomic E-state index is 0.409. The number of methoxy groups -OCH3 is 3. The van der Waals surface area contributed by atoms with Gasteiger partial charge in [-0.15, -0.1) is 0 Å². The van der Waals surface area contributed by atoms with Gasteiger partial charge in [-0.3, -0.25) is 0 Å². The molecule has 0 radical (unpaired) electrons. The third-order valence-corrected chi connectivity index (χ3v) is 4.00. The fourth-order valence-electron chi connectivity index (χ4n) is 2.80. The largest absolute Gasteiger partial charge is 0.493 e. The third kappa shape index (κ3) is 3.87. The number of nitrogens with one attached hydrogen (secondary N) is 1. The van der Waals surface area contributed by atoms with Crippen LogP contribution in [0.2, 0.25) is 0 Å². The molecule has 0 aliphatic heterocycles. The summed E-state index contributed by atoms with van der Waals surface area (Å²) in [6.07, 6.45) is 5.16. The molecule has 0 unspecified atom stereocenters. The Hall–Kier alpha value is -1.26. The Kier molecular flexibility index (Phi) is 5.68. The van der Waals surface area contributed by atoms with Gasteiger partial charge in [0, 0.05) is 19.7 Å². The highest BCUT2D eigenvalue weighted by molar-refractivity contribution is 5.42. The Balaban J connectivity index is 1.90. The molecule has 1 aromatic rings. The highest BCUT2D eigenvalue weighted by atomic mass is 16.5. The standard InChI is InChI=1S/C16H25NO3/c1-18-14-6-4-5-13(10-14)17-11-12-7-8-15(19-2)16(9-12)20-3/h7-9,13-14,17H,4-6,10-11H2,1-3H3/t13-,14+/m1/s1. The van der Waals surface area contributed by atoms with Gasteiger partial charge in [0.05, 0.1) is 20.3 Å². The van der Waals surface area contributed by atoms with Gasteiger partial charge < -0.3 is 19.5 Å². The predicted molar refractivity (Wildman–Crippen MR) is 79.4 cm³/mol. The highest BCUT2D eigenvalue weighted by Crippen LogP contribution is 2.28. The van der Waals surface area contributed by atoms with Crippen molar-refractivity contribution in [2.45, 2.75) is 44.4 Å². The van der Waals surface area contributed by atoms with Gasteiger partial charge in [0.15, 0.2) is 11.5 Å². The van der Waals surface area contributed by atoms with E-state index >= 15 is 0 Å². The SMILES string of the molecule is COc1ccc(CN[C@@H]2CCC[C@H](OC)C2)cc1OC. The summed E-state index contributed by atoms with van der Waals surface area (Å²) in [6, 6.07) is 6.60. The van der Waals surface area contributed by atoms with Crippen LogP contribution in [0.3, 0.4) is 0 Å². The second-order valence-electron chi connectivity index (χ2n) is 5.29. The summed E-state index contributed by atoms with van der Waals surface area (Å²) in [7, 11) is 5.13. The Morgan fingerprint density at radius 2 is 1.90 bits per heavy atom. The zero-order valence-corrected chi connectivity index (χ0v) is 12.6. The van der Waals surface area contributed by atoms with E-state index in [-0.39, 0.29) is 0 Å². The van der Waals surface area contributed by atoms with Crippen LogP contribution >= 0.6 is 0 Å². The van der Waals surface area contributed by atoms with Crippen molar-refractivity contribution in [3.63, 3.8) is 0 Å². The second-order valence-corrected chi connectivity index (χ2v) is 5.29. The molecule has 0 spiro atoms. The Labute approximate surface area is 121 Å². The lowest BCUT2D eigenvalue weighted by molar-refractivity contribution is 0.0586. The van der Waals surface area contributed by atoms with Crippen molar-refractivity contribution >= 4 is 0 Å². The fourth-order valence-corrected chi connectivity index (χ4v) is 2.80. The van der Waals surface area contributed by atoms with Gasteiger partial charge in [-0.1, -0.05) is 6.07 Å². The van der Waals surface area contributed by atoms with Crippen LogP contribution in [0, 0.1) is 0 Å². The summed E-state index contributed by atoms with van der Waals surface area (Å²) < 4.78 is 16.0. The smallest absolute Gasteiger partial charge is 0.161 e. The molecule has 4 nitrogen and oxygen atoms in total. The maximum Gasteiger partial charge on any atom is 0.161 e. The molecular formula is C16H25NO3. The van der Waals surface area contributed by atoms with Crippen molar-refractivity contribution in [1.29, 1.82) is 0 Å². The van der Waals surface area contributed by atoms with Crippen LogP contribution < -0.4 is 14.8 Å². The lowest BCUT2D eigenvalue weighted by Gasteiger charge is -2.29. The minimum atomic E-state index is 0.409. The van der Waals surface area contributed by atoms with E-state index in [1.165, 1.54) is 24.8 Å². The molecule has 0 aromatic heterocycles. The zero-order valence-electron chi connectivity index (χ0n) is 12.6. The van der Waals surface area contributed by atoms with Gasteiger partial charge in [0.2, 0.25) is 0 Å². The van der Waals surface area contributed by atoms with Gasteiger partial charge in [-0.05, 0) is 43.4 Å². The van der Waals surface area contributed by atoms with Gasteiger partial charge in [-0.2, -0.15) is 0 Å². The molecule has 1 N–H and O–H groups in total. The van der Waals surface area contributed by atoms with Crippen LogP contribution in [0.5, 0.6) is 11.5 Å². The first-order valence-corrected chi connectivity index (χ1v) is 7.24. The van der Waals surface area contributed by atoms with Crippen molar-refractivity contribution < 1.29 is 14.2 Å². The van der Waals surface area contributed by atoms with Gasteiger partial charge >= 0.3 is 0 Å². The first-order chi connectivity index (χ1) is 9.76. The van der Waals surface area contributed by atoms with Crippen LogP contribution in [-0.2, 0) is 11.3 Å². The highest BCUT2D eigenvalue weighted by Gasteiger charge is 2.21. The maximum absolute atomic E-state index is 5.46. The van der Waals surface area contributed by atoms with E-state index < -0.39 is 0 Å². The molecular weight excluding hydrogens is 254 g/mol. The van der Waals surface area contributed by atoms with Gasteiger partial charge in [0.25, 0.3) is 0 Å². The molecule has 112 valence electrons. The number of hydrogen-bond acceptors (Lipinski definition) is 4. The van der Waals surface area contributed by atoms with Crippen molar-refractivity contribution in [2.24, 2.45) is 0 Å².